The molecule has 0 unspecified atom stereocenters. The third-order valence-electron chi connectivity index (χ3n) is 1.92. The lowest BCUT2D eigenvalue weighted by atomic mass is 10.3. The number of unbranched alkanes of at least 4 members (excludes halogenated alkanes) is 1. The average molecular weight is 238 g/mol. The van der Waals surface area contributed by atoms with Gasteiger partial charge in [0.15, 0.2) is 0 Å². The third kappa shape index (κ3) is 13.6. The van der Waals surface area contributed by atoms with Crippen LogP contribution >= 0.6 is 0 Å². The van der Waals surface area contributed by atoms with E-state index in [9.17, 15) is 0 Å². The molecule has 92 valence electrons. The lowest BCUT2D eigenvalue weighted by Crippen LogP contribution is -3.00. The van der Waals surface area contributed by atoms with E-state index in [4.69, 9.17) is 9.84 Å². The number of allylic oxidation sites excluding steroid dienone is 1. The van der Waals surface area contributed by atoms with Crippen molar-refractivity contribution < 1.29 is 26.7 Å². The summed E-state index contributed by atoms with van der Waals surface area (Å²) in [7, 11) is 6.55. The van der Waals surface area contributed by atoms with Gasteiger partial charge >= 0.3 is 0 Å². The average Bonchev–Trinajstić information content (AvgIpc) is 2.08. The molecule has 0 bridgehead atoms. The number of nitrogens with zero attached hydrogens (tertiary/aromatic N) is 1. The van der Waals surface area contributed by atoms with Gasteiger partial charge in [0.2, 0.25) is 0 Å². The number of quaternary nitrogens is 1. The minimum atomic E-state index is 0. The lowest BCUT2D eigenvalue weighted by Gasteiger charge is -2.23. The van der Waals surface area contributed by atoms with Crippen LogP contribution in [0.15, 0.2) is 12.0 Å². The van der Waals surface area contributed by atoms with Crippen molar-refractivity contribution in [1.82, 2.24) is 0 Å². The number of hydrogen-bond acceptors (Lipinski definition) is 2. The number of halogens is 1. The molecule has 0 atom stereocenters. The smallest absolute Gasteiger partial charge is 0.126 e. The first-order valence-corrected chi connectivity index (χ1v) is 5.26. The Morgan fingerprint density at radius 1 is 1.27 bits per heavy atom. The van der Waals surface area contributed by atoms with Gasteiger partial charge in [-0.1, -0.05) is 6.92 Å². The Hall–Kier alpha value is -0.410. The summed E-state index contributed by atoms with van der Waals surface area (Å²) in [4.78, 5) is 0. The van der Waals surface area contributed by atoms with Crippen LogP contribution in [0.4, 0.5) is 0 Å². The van der Waals surface area contributed by atoms with Gasteiger partial charge in [0.25, 0.3) is 0 Å². The predicted octanol–water partition coefficient (Wildman–Crippen LogP) is -0.697. The molecule has 0 fully saturated rings. The van der Waals surface area contributed by atoms with Gasteiger partial charge in [-0.2, -0.15) is 0 Å². The number of rotatable bonds is 7. The van der Waals surface area contributed by atoms with Crippen molar-refractivity contribution in [3.63, 3.8) is 0 Å². The van der Waals surface area contributed by atoms with Gasteiger partial charge in [0.05, 0.1) is 34.3 Å². The maximum atomic E-state index is 9.08. The van der Waals surface area contributed by atoms with Gasteiger partial charge in [0.1, 0.15) is 12.0 Å². The number of hydrogen-bond donors (Lipinski definition) is 1. The Kier molecular flexibility index (Phi) is 10.0. The molecule has 0 saturated carbocycles. The summed E-state index contributed by atoms with van der Waals surface area (Å²) in [5.41, 5.74) is 0. The molecule has 0 saturated heterocycles. The Morgan fingerprint density at radius 2 is 1.87 bits per heavy atom. The van der Waals surface area contributed by atoms with Crippen LogP contribution in [0.3, 0.4) is 0 Å². The van der Waals surface area contributed by atoms with E-state index in [1.807, 2.05) is 6.92 Å². The maximum Gasteiger partial charge on any atom is 0.126 e. The topological polar surface area (TPSA) is 29.5 Å². The molecule has 0 spiro atoms. The Morgan fingerprint density at radius 3 is 2.33 bits per heavy atom. The van der Waals surface area contributed by atoms with E-state index in [0.717, 1.165) is 23.9 Å². The molecule has 0 aliphatic carbocycles. The van der Waals surface area contributed by atoms with Crippen molar-refractivity contribution in [2.75, 3.05) is 34.3 Å². The van der Waals surface area contributed by atoms with Crippen LogP contribution in [0.25, 0.3) is 0 Å². The Balaban J connectivity index is 0. The molecule has 4 heteroatoms. The highest BCUT2D eigenvalue weighted by atomic mass is 35.5. The van der Waals surface area contributed by atoms with Gasteiger partial charge < -0.3 is 26.7 Å². The van der Waals surface area contributed by atoms with Crippen LogP contribution < -0.4 is 12.4 Å². The quantitative estimate of drug-likeness (QED) is 0.361. The normalized spacial score (nSPS) is 12.1. The van der Waals surface area contributed by atoms with Crippen LogP contribution in [0.1, 0.15) is 26.2 Å². The first kappa shape index (κ1) is 17.0. The van der Waals surface area contributed by atoms with Crippen molar-refractivity contribution in [1.29, 1.82) is 0 Å². The summed E-state index contributed by atoms with van der Waals surface area (Å²) < 4.78 is 6.18. The molecule has 0 aliphatic rings. The van der Waals surface area contributed by atoms with Crippen LogP contribution in [0, 0.1) is 0 Å². The fraction of sp³-hybridized carbons (Fsp3) is 0.818. The van der Waals surface area contributed by atoms with Crippen LogP contribution in [-0.4, -0.2) is 43.9 Å². The largest absolute Gasteiger partial charge is 1.00 e. The van der Waals surface area contributed by atoms with Crippen molar-refractivity contribution >= 4 is 0 Å². The van der Waals surface area contributed by atoms with Crippen molar-refractivity contribution in [3.05, 3.63) is 12.0 Å². The summed E-state index contributed by atoms with van der Waals surface area (Å²) in [6.45, 7) is 3.75. The second-order valence-corrected chi connectivity index (χ2v) is 4.55. The highest BCUT2D eigenvalue weighted by molar-refractivity contribution is 4.81. The zero-order valence-corrected chi connectivity index (χ0v) is 11.0. The first-order valence-electron chi connectivity index (χ1n) is 5.26. The van der Waals surface area contributed by atoms with E-state index in [1.54, 1.807) is 0 Å². The molecule has 0 rings (SSSR count). The van der Waals surface area contributed by atoms with Gasteiger partial charge in [0, 0.05) is 6.42 Å². The Labute approximate surface area is 99.7 Å². The van der Waals surface area contributed by atoms with Gasteiger partial charge in [-0.3, -0.25) is 0 Å². The van der Waals surface area contributed by atoms with Gasteiger partial charge in [-0.25, -0.2) is 0 Å². The van der Waals surface area contributed by atoms with Crippen molar-refractivity contribution in [3.8, 4) is 0 Å². The van der Waals surface area contributed by atoms with Crippen LogP contribution in [0.2, 0.25) is 0 Å². The summed E-state index contributed by atoms with van der Waals surface area (Å²) in [5.74, 6) is 0.316. The molecule has 0 aliphatic heterocycles. The molecule has 0 radical (unpaired) electrons. The van der Waals surface area contributed by atoms with Crippen LogP contribution in [0.5, 0.6) is 0 Å². The molecular formula is C11H24ClNO2. The number of aliphatic hydroxyl groups excluding tert-OH is 1. The molecule has 0 aromatic rings. The molecular weight excluding hydrogens is 214 g/mol. The van der Waals surface area contributed by atoms with E-state index in [-0.39, 0.29) is 12.4 Å². The van der Waals surface area contributed by atoms with E-state index in [1.165, 1.54) is 6.26 Å². The molecule has 3 nitrogen and oxygen atoms in total. The summed E-state index contributed by atoms with van der Waals surface area (Å²) in [6, 6.07) is 0. The molecule has 15 heavy (non-hydrogen) atoms. The molecule has 1 N–H and O–H groups in total. The fourth-order valence-corrected chi connectivity index (χ4v) is 1.01. The van der Waals surface area contributed by atoms with E-state index in [0.29, 0.717) is 18.8 Å². The first-order chi connectivity index (χ1) is 6.45. The van der Waals surface area contributed by atoms with Crippen molar-refractivity contribution in [2.45, 2.75) is 26.2 Å². The SMILES string of the molecule is CCC(O)=COCCCC[N+](C)(C)C.[Cl-]. The van der Waals surface area contributed by atoms with E-state index in [2.05, 4.69) is 21.1 Å². The second kappa shape index (κ2) is 8.86. The minimum absolute atomic E-state index is 0. The van der Waals surface area contributed by atoms with E-state index < -0.39 is 0 Å². The van der Waals surface area contributed by atoms with Crippen molar-refractivity contribution in [2.24, 2.45) is 0 Å². The maximum absolute atomic E-state index is 9.08. The third-order valence-corrected chi connectivity index (χ3v) is 1.92. The van der Waals surface area contributed by atoms with Gasteiger partial charge in [-0.05, 0) is 12.8 Å². The minimum Gasteiger partial charge on any atom is -1.00 e. The van der Waals surface area contributed by atoms with E-state index >= 15 is 0 Å². The summed E-state index contributed by atoms with van der Waals surface area (Å²) in [5, 5.41) is 9.08. The molecule has 0 heterocycles. The highest BCUT2D eigenvalue weighted by Gasteiger charge is 2.04. The van der Waals surface area contributed by atoms with Gasteiger partial charge in [-0.15, -0.1) is 0 Å². The lowest BCUT2D eigenvalue weighted by molar-refractivity contribution is -0.870. The zero-order chi connectivity index (χ0) is 11.0. The van der Waals surface area contributed by atoms with Crippen LogP contribution in [-0.2, 0) is 4.74 Å². The number of ether oxygens (including phenoxy) is 1. The monoisotopic (exact) mass is 237 g/mol. The highest BCUT2D eigenvalue weighted by Crippen LogP contribution is 1.99. The summed E-state index contributed by atoms with van der Waals surface area (Å²) in [6.07, 6.45) is 4.29. The second-order valence-electron chi connectivity index (χ2n) is 4.55. The standard InChI is InChI=1S/C11H23NO2.ClH/c1-5-11(13)10-14-9-7-6-8-12(2,3)4;/h10H,5-9H2,1-4H3;1H. The molecule has 0 aromatic carbocycles. The zero-order valence-electron chi connectivity index (χ0n) is 10.3. The summed E-state index contributed by atoms with van der Waals surface area (Å²) >= 11 is 0. The predicted molar refractivity (Wildman–Crippen MR) is 59.1 cm³/mol. The molecule has 0 amide bonds. The fourth-order valence-electron chi connectivity index (χ4n) is 1.01. The number of aliphatic hydroxyl groups is 1. The Bertz CT molecular complexity index is 176. The molecule has 0 aromatic heterocycles.